The maximum Gasteiger partial charge on any atom is 0.295 e. The molecule has 3 rings (SSSR count). The maximum absolute atomic E-state index is 13.2. The van der Waals surface area contributed by atoms with Crippen molar-refractivity contribution in [2.24, 2.45) is 0 Å². The van der Waals surface area contributed by atoms with E-state index in [1.165, 1.54) is 33.3 Å². The summed E-state index contributed by atoms with van der Waals surface area (Å²) >= 11 is 0. The number of unbranched alkanes of at least 4 members (excludes halogenated alkanes) is 1. The standard InChI is InChI=1S/C25H29NO7/c1-6-7-13-26-21(16-9-8-10-19(32-4)24(16)33-5)20(23(28)25(26)29)22(27)17-14-15(30-2)11-12-18(17)31-3/h8-12,14,21,27H,6-7,13H2,1-5H3/b22-20+. The van der Waals surface area contributed by atoms with E-state index in [1.54, 1.807) is 36.4 Å². The predicted octanol–water partition coefficient (Wildman–Crippen LogP) is 3.94. The lowest BCUT2D eigenvalue weighted by atomic mass is 9.94. The number of para-hydroxylation sites is 1. The molecule has 1 aliphatic heterocycles. The molecule has 2 aromatic carbocycles. The van der Waals surface area contributed by atoms with Gasteiger partial charge in [0.05, 0.1) is 45.6 Å². The van der Waals surface area contributed by atoms with E-state index in [4.69, 9.17) is 18.9 Å². The van der Waals surface area contributed by atoms with Gasteiger partial charge in [-0.2, -0.15) is 0 Å². The van der Waals surface area contributed by atoms with Crippen molar-refractivity contribution in [3.05, 3.63) is 53.1 Å². The van der Waals surface area contributed by atoms with Crippen LogP contribution in [0.2, 0.25) is 0 Å². The minimum absolute atomic E-state index is 0.0470. The van der Waals surface area contributed by atoms with Gasteiger partial charge in [0.1, 0.15) is 17.3 Å². The van der Waals surface area contributed by atoms with Gasteiger partial charge in [0.15, 0.2) is 11.5 Å². The lowest BCUT2D eigenvalue weighted by Gasteiger charge is -2.27. The molecular weight excluding hydrogens is 426 g/mol. The third-order valence-electron chi connectivity index (χ3n) is 5.68. The van der Waals surface area contributed by atoms with Crippen molar-refractivity contribution < 1.29 is 33.6 Å². The highest BCUT2D eigenvalue weighted by Crippen LogP contribution is 2.46. The van der Waals surface area contributed by atoms with E-state index >= 15 is 0 Å². The van der Waals surface area contributed by atoms with Crippen molar-refractivity contribution in [3.8, 4) is 23.0 Å². The molecular formula is C25H29NO7. The van der Waals surface area contributed by atoms with Gasteiger partial charge >= 0.3 is 0 Å². The van der Waals surface area contributed by atoms with E-state index in [2.05, 4.69) is 0 Å². The largest absolute Gasteiger partial charge is 0.507 e. The number of hydrogen-bond donors (Lipinski definition) is 1. The number of carbonyl (C=O) groups excluding carboxylic acids is 2. The SMILES string of the molecule is CCCCN1C(=O)C(=O)/C(=C(/O)c2cc(OC)ccc2OC)C1c1cccc(OC)c1OC. The summed E-state index contributed by atoms with van der Waals surface area (Å²) in [5, 5.41) is 11.4. The van der Waals surface area contributed by atoms with Gasteiger partial charge in [0.25, 0.3) is 11.7 Å². The molecule has 1 N–H and O–H groups in total. The predicted molar refractivity (Wildman–Crippen MR) is 123 cm³/mol. The number of aliphatic hydroxyl groups is 1. The summed E-state index contributed by atoms with van der Waals surface area (Å²) in [4.78, 5) is 27.8. The molecule has 0 spiro atoms. The number of aliphatic hydroxyl groups excluding tert-OH is 1. The van der Waals surface area contributed by atoms with Gasteiger partial charge < -0.3 is 29.0 Å². The van der Waals surface area contributed by atoms with Gasteiger partial charge in [-0.15, -0.1) is 0 Å². The zero-order valence-electron chi connectivity index (χ0n) is 19.5. The Morgan fingerprint density at radius 3 is 2.30 bits per heavy atom. The molecule has 8 nitrogen and oxygen atoms in total. The van der Waals surface area contributed by atoms with E-state index in [9.17, 15) is 14.7 Å². The smallest absolute Gasteiger partial charge is 0.295 e. The molecule has 1 atom stereocenters. The fourth-order valence-corrected chi connectivity index (χ4v) is 4.03. The van der Waals surface area contributed by atoms with Crippen molar-refractivity contribution in [2.45, 2.75) is 25.8 Å². The molecule has 33 heavy (non-hydrogen) atoms. The number of Topliss-reactive ketones (excluding diaryl/α,β-unsaturated/α-hetero) is 1. The average molecular weight is 456 g/mol. The van der Waals surface area contributed by atoms with Crippen LogP contribution in [0.15, 0.2) is 42.0 Å². The summed E-state index contributed by atoms with van der Waals surface area (Å²) in [5.74, 6) is -0.160. The minimum atomic E-state index is -0.863. The molecule has 0 aliphatic carbocycles. The quantitative estimate of drug-likeness (QED) is 0.348. The fourth-order valence-electron chi connectivity index (χ4n) is 4.03. The summed E-state index contributed by atoms with van der Waals surface area (Å²) in [6.45, 7) is 2.34. The minimum Gasteiger partial charge on any atom is -0.507 e. The van der Waals surface area contributed by atoms with Crippen LogP contribution in [0, 0.1) is 0 Å². The van der Waals surface area contributed by atoms with Crippen LogP contribution in [0.4, 0.5) is 0 Å². The number of likely N-dealkylation sites (tertiary alicyclic amines) is 1. The topological polar surface area (TPSA) is 94.5 Å². The Bertz CT molecular complexity index is 1080. The zero-order valence-corrected chi connectivity index (χ0v) is 19.5. The van der Waals surface area contributed by atoms with Crippen LogP contribution in [0.5, 0.6) is 23.0 Å². The molecule has 0 aromatic heterocycles. The fraction of sp³-hybridized carbons (Fsp3) is 0.360. The summed E-state index contributed by atoms with van der Waals surface area (Å²) < 4.78 is 21.7. The number of hydrogen-bond acceptors (Lipinski definition) is 7. The molecule has 8 heteroatoms. The first-order chi connectivity index (χ1) is 15.9. The second-order valence-electron chi connectivity index (χ2n) is 7.50. The van der Waals surface area contributed by atoms with E-state index in [1.807, 2.05) is 6.92 Å². The van der Waals surface area contributed by atoms with Crippen LogP contribution in [0.3, 0.4) is 0 Å². The number of amides is 1. The monoisotopic (exact) mass is 455 g/mol. The van der Waals surface area contributed by atoms with E-state index in [-0.39, 0.29) is 16.9 Å². The van der Waals surface area contributed by atoms with Crippen LogP contribution in [-0.4, -0.2) is 56.7 Å². The van der Waals surface area contributed by atoms with Gasteiger partial charge in [0, 0.05) is 12.1 Å². The van der Waals surface area contributed by atoms with Crippen LogP contribution in [0.1, 0.15) is 36.9 Å². The Labute approximate surface area is 193 Å². The number of rotatable bonds is 9. The Morgan fingerprint density at radius 2 is 1.70 bits per heavy atom. The molecule has 1 heterocycles. The summed E-state index contributed by atoms with van der Waals surface area (Å²) in [6.07, 6.45) is 1.52. The van der Waals surface area contributed by atoms with Crippen LogP contribution >= 0.6 is 0 Å². The highest BCUT2D eigenvalue weighted by Gasteiger charge is 2.47. The number of ether oxygens (including phenoxy) is 4. The first-order valence-corrected chi connectivity index (χ1v) is 10.6. The summed E-state index contributed by atoms with van der Waals surface area (Å²) in [5.41, 5.74) is 0.738. The van der Waals surface area contributed by atoms with Crippen LogP contribution in [0.25, 0.3) is 5.76 Å². The van der Waals surface area contributed by atoms with Gasteiger partial charge in [0.2, 0.25) is 0 Å². The molecule has 0 bridgehead atoms. The van der Waals surface area contributed by atoms with E-state index < -0.39 is 17.7 Å². The number of carbonyl (C=O) groups is 2. The maximum atomic E-state index is 13.2. The van der Waals surface area contributed by atoms with Crippen LogP contribution in [-0.2, 0) is 9.59 Å². The van der Waals surface area contributed by atoms with Crippen molar-refractivity contribution >= 4 is 17.4 Å². The van der Waals surface area contributed by atoms with Crippen molar-refractivity contribution in [3.63, 3.8) is 0 Å². The number of nitrogens with zero attached hydrogens (tertiary/aromatic N) is 1. The third-order valence-corrected chi connectivity index (χ3v) is 5.68. The van der Waals surface area contributed by atoms with Gasteiger partial charge in [-0.1, -0.05) is 25.5 Å². The Kier molecular flexibility index (Phi) is 7.48. The Hall–Kier alpha value is -3.68. The Morgan fingerprint density at radius 1 is 0.970 bits per heavy atom. The summed E-state index contributed by atoms with van der Waals surface area (Å²) in [6, 6.07) is 9.24. The van der Waals surface area contributed by atoms with Gasteiger partial charge in [-0.25, -0.2) is 0 Å². The van der Waals surface area contributed by atoms with Crippen molar-refractivity contribution in [1.29, 1.82) is 0 Å². The van der Waals surface area contributed by atoms with Gasteiger partial charge in [-0.05, 0) is 30.7 Å². The summed E-state index contributed by atoms with van der Waals surface area (Å²) in [7, 11) is 5.96. The van der Waals surface area contributed by atoms with Crippen molar-refractivity contribution in [1.82, 2.24) is 4.90 Å². The molecule has 2 aromatic rings. The number of ketones is 1. The first kappa shape index (κ1) is 24.0. The highest BCUT2D eigenvalue weighted by molar-refractivity contribution is 6.46. The molecule has 1 fully saturated rings. The molecule has 1 amide bonds. The highest BCUT2D eigenvalue weighted by atomic mass is 16.5. The Balaban J connectivity index is 2.31. The van der Waals surface area contributed by atoms with Crippen LogP contribution < -0.4 is 18.9 Å². The number of benzene rings is 2. The molecule has 0 radical (unpaired) electrons. The van der Waals surface area contributed by atoms with Gasteiger partial charge in [-0.3, -0.25) is 9.59 Å². The zero-order chi connectivity index (χ0) is 24.1. The lowest BCUT2D eigenvalue weighted by Crippen LogP contribution is -2.30. The molecule has 1 aliphatic rings. The number of methoxy groups -OCH3 is 4. The first-order valence-electron chi connectivity index (χ1n) is 10.6. The lowest BCUT2D eigenvalue weighted by molar-refractivity contribution is -0.139. The van der Waals surface area contributed by atoms with E-state index in [0.717, 1.165) is 6.42 Å². The normalized spacial score (nSPS) is 17.2. The molecule has 176 valence electrons. The van der Waals surface area contributed by atoms with Crippen molar-refractivity contribution in [2.75, 3.05) is 35.0 Å². The second-order valence-corrected chi connectivity index (χ2v) is 7.50. The van der Waals surface area contributed by atoms with E-state index in [0.29, 0.717) is 41.5 Å². The second kappa shape index (κ2) is 10.3. The average Bonchev–Trinajstić information content (AvgIpc) is 3.10. The molecule has 1 saturated heterocycles. The third kappa shape index (κ3) is 4.33. The molecule has 1 unspecified atom stereocenters. The molecule has 0 saturated carbocycles.